The minimum Gasteiger partial charge on any atom is -0.398 e. The average molecular weight is 318 g/mol. The van der Waals surface area contributed by atoms with Gasteiger partial charge in [0, 0.05) is 15.7 Å². The second-order valence-electron chi connectivity index (χ2n) is 3.91. The number of nitrogens with two attached hydrogens (primary N) is 1. The molecule has 0 aliphatic heterocycles. The van der Waals surface area contributed by atoms with Crippen LogP contribution in [0.25, 0.3) is 0 Å². The van der Waals surface area contributed by atoms with Crippen LogP contribution < -0.4 is 5.73 Å². The molecule has 2 nitrogen and oxygen atoms in total. The van der Waals surface area contributed by atoms with E-state index in [9.17, 15) is 8.60 Å². The van der Waals surface area contributed by atoms with Gasteiger partial charge >= 0.3 is 0 Å². The Bertz CT molecular complexity index is 649. The van der Waals surface area contributed by atoms with E-state index in [0.29, 0.717) is 26.2 Å². The third-order valence-electron chi connectivity index (χ3n) is 2.51. The maximum Gasteiger partial charge on any atom is 0.123 e. The highest BCUT2D eigenvalue weighted by Gasteiger charge is 2.12. The van der Waals surface area contributed by atoms with Gasteiger partial charge in [-0.1, -0.05) is 23.2 Å². The molecule has 0 saturated heterocycles. The summed E-state index contributed by atoms with van der Waals surface area (Å²) in [6.45, 7) is 0. The Labute approximate surface area is 122 Å². The molecule has 1 atom stereocenters. The maximum atomic E-state index is 13.1. The van der Waals surface area contributed by atoms with E-state index >= 15 is 0 Å². The zero-order valence-corrected chi connectivity index (χ0v) is 12.0. The second-order valence-corrected chi connectivity index (χ2v) is 6.17. The van der Waals surface area contributed by atoms with Crippen molar-refractivity contribution in [3.63, 3.8) is 0 Å². The Hall–Kier alpha value is -1.10. The average Bonchev–Trinajstić information content (AvgIpc) is 2.33. The lowest BCUT2D eigenvalue weighted by Crippen LogP contribution is -2.01. The highest BCUT2D eigenvalue weighted by molar-refractivity contribution is 7.84. The van der Waals surface area contributed by atoms with Gasteiger partial charge in [-0.25, -0.2) is 4.39 Å². The summed E-state index contributed by atoms with van der Waals surface area (Å²) in [6, 6.07) is 8.70. The Balaban J connectivity index is 2.28. The number of rotatable bonds is 3. The van der Waals surface area contributed by atoms with Gasteiger partial charge in [-0.2, -0.15) is 0 Å². The van der Waals surface area contributed by atoms with Crippen LogP contribution in [0.3, 0.4) is 0 Å². The lowest BCUT2D eigenvalue weighted by molar-refractivity contribution is 0.626. The zero-order valence-electron chi connectivity index (χ0n) is 9.70. The largest absolute Gasteiger partial charge is 0.398 e. The molecule has 2 aromatic rings. The molecule has 0 aliphatic rings. The highest BCUT2D eigenvalue weighted by Crippen LogP contribution is 2.25. The Morgan fingerprint density at radius 3 is 2.58 bits per heavy atom. The topological polar surface area (TPSA) is 43.1 Å². The van der Waals surface area contributed by atoms with Gasteiger partial charge in [0.2, 0.25) is 0 Å². The fourth-order valence-corrected chi connectivity index (χ4v) is 3.26. The summed E-state index contributed by atoms with van der Waals surface area (Å²) in [6.07, 6.45) is 0. The molecule has 2 N–H and O–H groups in total. The molecule has 2 rings (SSSR count). The molecular weight excluding hydrogens is 308 g/mol. The lowest BCUT2D eigenvalue weighted by Gasteiger charge is -2.08. The van der Waals surface area contributed by atoms with Crippen molar-refractivity contribution < 1.29 is 8.60 Å². The van der Waals surface area contributed by atoms with E-state index in [1.165, 1.54) is 24.3 Å². The van der Waals surface area contributed by atoms with Crippen LogP contribution in [-0.2, 0) is 16.6 Å². The van der Waals surface area contributed by atoms with Crippen molar-refractivity contribution in [3.05, 3.63) is 57.8 Å². The first-order valence-electron chi connectivity index (χ1n) is 5.34. The van der Waals surface area contributed by atoms with Crippen molar-refractivity contribution in [2.45, 2.75) is 10.6 Å². The van der Waals surface area contributed by atoms with Gasteiger partial charge in [0.15, 0.2) is 0 Å². The number of halogens is 3. The Kier molecular flexibility index (Phi) is 4.45. The molecule has 0 heterocycles. The molecule has 100 valence electrons. The first-order valence-corrected chi connectivity index (χ1v) is 7.42. The third kappa shape index (κ3) is 3.47. The van der Waals surface area contributed by atoms with E-state index in [2.05, 4.69) is 0 Å². The van der Waals surface area contributed by atoms with Gasteiger partial charge in [-0.05, 0) is 42.0 Å². The zero-order chi connectivity index (χ0) is 14.0. The molecule has 0 radical (unpaired) electrons. The van der Waals surface area contributed by atoms with Crippen molar-refractivity contribution in [2.75, 3.05) is 5.73 Å². The summed E-state index contributed by atoms with van der Waals surface area (Å²) in [4.78, 5) is 0.463. The molecule has 0 aliphatic carbocycles. The summed E-state index contributed by atoms with van der Waals surface area (Å²) in [7, 11) is -1.41. The van der Waals surface area contributed by atoms with Crippen LogP contribution in [-0.4, -0.2) is 4.21 Å². The van der Waals surface area contributed by atoms with Gasteiger partial charge in [-0.15, -0.1) is 0 Å². The van der Waals surface area contributed by atoms with Crippen LogP contribution in [0.15, 0.2) is 41.3 Å². The van der Waals surface area contributed by atoms with Crippen LogP contribution in [0.4, 0.5) is 10.1 Å². The van der Waals surface area contributed by atoms with Crippen LogP contribution in [0.5, 0.6) is 0 Å². The summed E-state index contributed by atoms with van der Waals surface area (Å²) < 4.78 is 25.3. The van der Waals surface area contributed by atoms with Crippen molar-refractivity contribution in [1.29, 1.82) is 0 Å². The van der Waals surface area contributed by atoms with Gasteiger partial charge in [0.25, 0.3) is 0 Å². The fourth-order valence-electron chi connectivity index (χ4n) is 1.60. The summed E-state index contributed by atoms with van der Waals surface area (Å²) in [5, 5.41) is 0.851. The first kappa shape index (κ1) is 14.3. The fraction of sp³-hybridized carbons (Fsp3) is 0.0769. The molecule has 1 unspecified atom stereocenters. The normalized spacial score (nSPS) is 12.4. The summed E-state index contributed by atoms with van der Waals surface area (Å²) in [5.74, 6) is -0.317. The number of hydrogen-bond acceptors (Lipinski definition) is 2. The standard InChI is InChI=1S/C13H10Cl2FNOS/c14-9-1-4-13(12(17)6-9)19(18)7-8-5-10(16)2-3-11(8)15/h1-6H,7,17H2. The predicted molar refractivity (Wildman–Crippen MR) is 77.4 cm³/mol. The number of benzene rings is 2. The van der Waals surface area contributed by atoms with Gasteiger partial charge in [0.05, 0.1) is 21.4 Å². The SMILES string of the molecule is Nc1cc(Cl)ccc1S(=O)Cc1cc(F)ccc1Cl. The quantitative estimate of drug-likeness (QED) is 0.869. The summed E-state index contributed by atoms with van der Waals surface area (Å²) >= 11 is 11.7. The molecule has 0 aromatic heterocycles. The van der Waals surface area contributed by atoms with Crippen LogP contribution in [0, 0.1) is 5.82 Å². The molecule has 0 saturated carbocycles. The van der Waals surface area contributed by atoms with E-state index < -0.39 is 16.6 Å². The van der Waals surface area contributed by atoms with E-state index in [-0.39, 0.29) is 5.75 Å². The van der Waals surface area contributed by atoms with Crippen LogP contribution in [0.1, 0.15) is 5.56 Å². The van der Waals surface area contributed by atoms with Gasteiger partial charge in [0.1, 0.15) is 5.82 Å². The molecule has 6 heteroatoms. The number of hydrogen-bond donors (Lipinski definition) is 1. The Morgan fingerprint density at radius 1 is 1.16 bits per heavy atom. The van der Waals surface area contributed by atoms with Crippen LogP contribution in [0.2, 0.25) is 10.0 Å². The minimum absolute atomic E-state index is 0.0996. The van der Waals surface area contributed by atoms with Crippen molar-refractivity contribution in [3.8, 4) is 0 Å². The van der Waals surface area contributed by atoms with Crippen molar-refractivity contribution in [2.24, 2.45) is 0 Å². The van der Waals surface area contributed by atoms with E-state index in [1.54, 1.807) is 12.1 Å². The van der Waals surface area contributed by atoms with Crippen molar-refractivity contribution in [1.82, 2.24) is 0 Å². The van der Waals surface area contributed by atoms with E-state index in [4.69, 9.17) is 28.9 Å². The lowest BCUT2D eigenvalue weighted by atomic mass is 10.2. The molecule has 0 spiro atoms. The molecular formula is C13H10Cl2FNOS. The minimum atomic E-state index is -1.41. The van der Waals surface area contributed by atoms with Gasteiger partial charge in [-0.3, -0.25) is 4.21 Å². The van der Waals surface area contributed by atoms with E-state index in [0.717, 1.165) is 0 Å². The van der Waals surface area contributed by atoms with Gasteiger partial charge < -0.3 is 5.73 Å². The monoisotopic (exact) mass is 317 g/mol. The van der Waals surface area contributed by atoms with Crippen LogP contribution >= 0.6 is 23.2 Å². The van der Waals surface area contributed by atoms with Crippen molar-refractivity contribution >= 4 is 39.7 Å². The predicted octanol–water partition coefficient (Wildman–Crippen LogP) is 4.02. The molecule has 2 aromatic carbocycles. The number of nitrogen functional groups attached to an aromatic ring is 1. The first-order chi connectivity index (χ1) is 8.97. The maximum absolute atomic E-state index is 13.1. The van der Waals surface area contributed by atoms with E-state index in [1.807, 2.05) is 0 Å². The molecule has 0 fully saturated rings. The third-order valence-corrected chi connectivity index (χ3v) is 4.55. The molecule has 0 amide bonds. The smallest absolute Gasteiger partial charge is 0.123 e. The molecule has 0 bridgehead atoms. The molecule has 19 heavy (non-hydrogen) atoms. The number of anilines is 1. The highest BCUT2D eigenvalue weighted by atomic mass is 35.5. The second kappa shape index (κ2) is 5.90. The Morgan fingerprint density at radius 2 is 1.89 bits per heavy atom. The summed E-state index contributed by atoms with van der Waals surface area (Å²) in [5.41, 5.74) is 6.59.